The molecule has 0 saturated carbocycles. The second kappa shape index (κ2) is 4.65. The van der Waals surface area contributed by atoms with Gasteiger partial charge in [-0.15, -0.1) is 0 Å². The molecular weight excluding hydrogens is 216 g/mol. The highest BCUT2D eigenvalue weighted by Gasteiger charge is 2.28. The predicted molar refractivity (Wildman–Crippen MR) is 63.5 cm³/mol. The van der Waals surface area contributed by atoms with Crippen molar-refractivity contribution in [3.63, 3.8) is 0 Å². The van der Waals surface area contributed by atoms with Gasteiger partial charge in [0.15, 0.2) is 0 Å². The zero-order chi connectivity index (χ0) is 12.4. The quantitative estimate of drug-likeness (QED) is 0.785. The minimum absolute atomic E-state index is 0.180. The monoisotopic (exact) mass is 232 g/mol. The Balaban J connectivity index is 2.25. The third-order valence-electron chi connectivity index (χ3n) is 3.18. The SMILES string of the molecule is CCc1ncc(C2CCC(=O)NC2=O)cc1C. The van der Waals surface area contributed by atoms with Crippen LogP contribution in [0.15, 0.2) is 12.3 Å². The first kappa shape index (κ1) is 11.8. The molecule has 1 aromatic heterocycles. The first-order chi connectivity index (χ1) is 8.11. The molecule has 1 saturated heterocycles. The van der Waals surface area contributed by atoms with E-state index in [2.05, 4.69) is 17.2 Å². The summed E-state index contributed by atoms with van der Waals surface area (Å²) in [6.07, 6.45) is 3.63. The third-order valence-corrected chi connectivity index (χ3v) is 3.18. The van der Waals surface area contributed by atoms with Gasteiger partial charge in [0.2, 0.25) is 11.8 Å². The molecule has 1 aliphatic heterocycles. The van der Waals surface area contributed by atoms with Crippen LogP contribution in [0, 0.1) is 6.92 Å². The van der Waals surface area contributed by atoms with E-state index in [0.717, 1.165) is 23.2 Å². The van der Waals surface area contributed by atoms with Gasteiger partial charge in [-0.3, -0.25) is 19.9 Å². The van der Waals surface area contributed by atoms with Crippen molar-refractivity contribution in [1.82, 2.24) is 10.3 Å². The lowest BCUT2D eigenvalue weighted by molar-refractivity contribution is -0.134. The average Bonchev–Trinajstić information content (AvgIpc) is 2.29. The first-order valence-electron chi connectivity index (χ1n) is 5.91. The van der Waals surface area contributed by atoms with Crippen LogP contribution in [0.2, 0.25) is 0 Å². The maximum Gasteiger partial charge on any atom is 0.234 e. The van der Waals surface area contributed by atoms with E-state index in [0.29, 0.717) is 12.8 Å². The molecule has 0 spiro atoms. The van der Waals surface area contributed by atoms with Crippen molar-refractivity contribution in [2.24, 2.45) is 0 Å². The number of aromatic nitrogens is 1. The summed E-state index contributed by atoms with van der Waals surface area (Å²) < 4.78 is 0. The van der Waals surface area contributed by atoms with Gasteiger partial charge < -0.3 is 0 Å². The van der Waals surface area contributed by atoms with Crippen LogP contribution in [0.1, 0.15) is 42.5 Å². The Morgan fingerprint density at radius 2 is 2.24 bits per heavy atom. The number of amides is 2. The van der Waals surface area contributed by atoms with Gasteiger partial charge in [-0.05, 0) is 30.9 Å². The molecule has 0 aromatic carbocycles. The van der Waals surface area contributed by atoms with Gasteiger partial charge in [-0.2, -0.15) is 0 Å². The summed E-state index contributed by atoms with van der Waals surface area (Å²) in [5.74, 6) is -0.613. The van der Waals surface area contributed by atoms with Crippen LogP contribution in [0.25, 0.3) is 0 Å². The Morgan fingerprint density at radius 3 is 2.82 bits per heavy atom. The molecule has 90 valence electrons. The van der Waals surface area contributed by atoms with Crippen molar-refractivity contribution in [3.8, 4) is 0 Å². The maximum atomic E-state index is 11.7. The van der Waals surface area contributed by atoms with Crippen molar-refractivity contribution >= 4 is 11.8 Å². The van der Waals surface area contributed by atoms with Gasteiger partial charge in [-0.25, -0.2) is 0 Å². The van der Waals surface area contributed by atoms with Crippen LogP contribution < -0.4 is 5.32 Å². The van der Waals surface area contributed by atoms with E-state index in [-0.39, 0.29) is 17.7 Å². The van der Waals surface area contributed by atoms with Gasteiger partial charge in [-0.1, -0.05) is 13.0 Å². The van der Waals surface area contributed by atoms with Gasteiger partial charge in [0.25, 0.3) is 0 Å². The summed E-state index contributed by atoms with van der Waals surface area (Å²) in [7, 11) is 0. The van der Waals surface area contributed by atoms with Gasteiger partial charge in [0.05, 0.1) is 5.92 Å². The fraction of sp³-hybridized carbons (Fsp3) is 0.462. The van der Waals surface area contributed by atoms with Crippen LogP contribution in [-0.2, 0) is 16.0 Å². The molecule has 1 N–H and O–H groups in total. The Hall–Kier alpha value is -1.71. The Morgan fingerprint density at radius 1 is 1.47 bits per heavy atom. The molecule has 2 rings (SSSR count). The maximum absolute atomic E-state index is 11.7. The number of hydrogen-bond donors (Lipinski definition) is 1. The number of imide groups is 1. The minimum Gasteiger partial charge on any atom is -0.296 e. The number of nitrogens with one attached hydrogen (secondary N) is 1. The standard InChI is InChI=1S/C13H16N2O2/c1-3-11-8(2)6-9(7-14-11)10-4-5-12(16)15-13(10)17/h6-7,10H,3-5H2,1-2H3,(H,15,16,17). The van der Waals surface area contributed by atoms with E-state index < -0.39 is 0 Å². The van der Waals surface area contributed by atoms with E-state index in [1.807, 2.05) is 13.0 Å². The lowest BCUT2D eigenvalue weighted by Crippen LogP contribution is -2.39. The topological polar surface area (TPSA) is 59.1 Å². The number of nitrogens with zero attached hydrogens (tertiary/aromatic N) is 1. The molecule has 1 aliphatic rings. The summed E-state index contributed by atoms with van der Waals surface area (Å²) in [5.41, 5.74) is 3.07. The zero-order valence-corrected chi connectivity index (χ0v) is 10.1. The summed E-state index contributed by atoms with van der Waals surface area (Å²) in [5, 5.41) is 2.37. The number of piperidine rings is 1. The second-order valence-electron chi connectivity index (χ2n) is 4.39. The molecule has 1 aromatic rings. The molecule has 0 radical (unpaired) electrons. The van der Waals surface area contributed by atoms with Crippen LogP contribution in [-0.4, -0.2) is 16.8 Å². The highest BCUT2D eigenvalue weighted by Crippen LogP contribution is 2.25. The molecule has 2 heterocycles. The molecule has 1 fully saturated rings. The van der Waals surface area contributed by atoms with E-state index in [1.165, 1.54) is 0 Å². The molecule has 1 unspecified atom stereocenters. The Kier molecular flexibility index (Phi) is 3.22. The Bertz CT molecular complexity index is 468. The normalized spacial score (nSPS) is 20.2. The van der Waals surface area contributed by atoms with Gasteiger partial charge >= 0.3 is 0 Å². The second-order valence-corrected chi connectivity index (χ2v) is 4.39. The van der Waals surface area contributed by atoms with Crippen LogP contribution >= 0.6 is 0 Å². The molecular formula is C13H16N2O2. The number of hydrogen-bond acceptors (Lipinski definition) is 3. The summed E-state index contributed by atoms with van der Waals surface area (Å²) in [6.45, 7) is 4.06. The molecule has 2 amide bonds. The van der Waals surface area contributed by atoms with E-state index in [9.17, 15) is 9.59 Å². The molecule has 1 atom stereocenters. The third kappa shape index (κ3) is 2.35. The van der Waals surface area contributed by atoms with Gasteiger partial charge in [0, 0.05) is 18.3 Å². The lowest BCUT2D eigenvalue weighted by Gasteiger charge is -2.21. The fourth-order valence-corrected chi connectivity index (χ4v) is 2.20. The lowest BCUT2D eigenvalue weighted by atomic mass is 9.90. The van der Waals surface area contributed by atoms with Crippen LogP contribution in [0.3, 0.4) is 0 Å². The first-order valence-corrected chi connectivity index (χ1v) is 5.91. The predicted octanol–water partition coefficient (Wildman–Crippen LogP) is 1.47. The number of aryl methyl sites for hydroxylation is 2. The molecule has 0 aliphatic carbocycles. The summed E-state index contributed by atoms with van der Waals surface area (Å²) in [4.78, 5) is 27.1. The van der Waals surface area contributed by atoms with Gasteiger partial charge in [0.1, 0.15) is 0 Å². The van der Waals surface area contributed by atoms with E-state index >= 15 is 0 Å². The van der Waals surface area contributed by atoms with E-state index in [1.54, 1.807) is 6.20 Å². The fourth-order valence-electron chi connectivity index (χ4n) is 2.20. The summed E-state index contributed by atoms with van der Waals surface area (Å²) >= 11 is 0. The Labute approximate surface area is 100 Å². The van der Waals surface area contributed by atoms with Crippen LogP contribution in [0.4, 0.5) is 0 Å². The number of carbonyl (C=O) groups is 2. The molecule has 17 heavy (non-hydrogen) atoms. The average molecular weight is 232 g/mol. The highest BCUT2D eigenvalue weighted by atomic mass is 16.2. The zero-order valence-electron chi connectivity index (χ0n) is 10.1. The van der Waals surface area contributed by atoms with Crippen molar-refractivity contribution in [2.75, 3.05) is 0 Å². The molecule has 4 nitrogen and oxygen atoms in total. The van der Waals surface area contributed by atoms with Crippen molar-refractivity contribution in [2.45, 2.75) is 39.0 Å². The van der Waals surface area contributed by atoms with Crippen molar-refractivity contribution in [3.05, 3.63) is 29.1 Å². The highest BCUT2D eigenvalue weighted by molar-refractivity contribution is 6.00. The largest absolute Gasteiger partial charge is 0.296 e. The van der Waals surface area contributed by atoms with Crippen molar-refractivity contribution in [1.29, 1.82) is 0 Å². The minimum atomic E-state index is -0.232. The van der Waals surface area contributed by atoms with Crippen molar-refractivity contribution < 1.29 is 9.59 Å². The molecule has 0 bridgehead atoms. The van der Waals surface area contributed by atoms with E-state index in [4.69, 9.17) is 0 Å². The smallest absolute Gasteiger partial charge is 0.234 e. The molecule has 4 heteroatoms. The number of carbonyl (C=O) groups excluding carboxylic acids is 2. The number of rotatable bonds is 2. The summed E-state index contributed by atoms with van der Waals surface area (Å²) in [6, 6.07) is 2.01. The number of pyridine rings is 1. The van der Waals surface area contributed by atoms with Crippen LogP contribution in [0.5, 0.6) is 0 Å².